The molecule has 134 valence electrons. The van der Waals surface area contributed by atoms with Gasteiger partial charge in [-0.3, -0.25) is 9.69 Å². The second-order valence-electron chi connectivity index (χ2n) is 6.51. The summed E-state index contributed by atoms with van der Waals surface area (Å²) in [5, 5.41) is 7.85. The summed E-state index contributed by atoms with van der Waals surface area (Å²) in [6, 6.07) is 11.0. The van der Waals surface area contributed by atoms with Gasteiger partial charge >= 0.3 is 5.63 Å². The Morgan fingerprint density at radius 1 is 1.23 bits per heavy atom. The highest BCUT2D eigenvalue weighted by atomic mass is 32.1. The van der Waals surface area contributed by atoms with E-state index in [1.807, 2.05) is 12.1 Å². The molecule has 26 heavy (non-hydrogen) atoms. The van der Waals surface area contributed by atoms with E-state index in [1.54, 1.807) is 29.5 Å². The smallest absolute Gasteiger partial charge is 0.349 e. The zero-order valence-electron chi connectivity index (χ0n) is 14.3. The molecule has 0 bridgehead atoms. The summed E-state index contributed by atoms with van der Waals surface area (Å²) < 4.78 is 5.27. The van der Waals surface area contributed by atoms with Crippen LogP contribution in [0.15, 0.2) is 56.4 Å². The Bertz CT molecular complexity index is 959. The number of hydrogen-bond acceptors (Lipinski definition) is 5. The first-order chi connectivity index (χ1) is 12.7. The molecular formula is C20H20N2O3S. The quantitative estimate of drug-likeness (QED) is 0.701. The Hall–Kier alpha value is -2.44. The molecule has 2 aromatic heterocycles. The van der Waals surface area contributed by atoms with Crippen LogP contribution in [0, 0.1) is 0 Å². The number of fused-ring (bicyclic) bond motifs is 1. The zero-order valence-corrected chi connectivity index (χ0v) is 15.1. The molecular weight excluding hydrogens is 348 g/mol. The van der Waals surface area contributed by atoms with Crippen molar-refractivity contribution in [1.29, 1.82) is 0 Å². The second kappa shape index (κ2) is 7.43. The summed E-state index contributed by atoms with van der Waals surface area (Å²) in [6.45, 7) is 2.55. The fraction of sp³-hybridized carbons (Fsp3) is 0.300. The van der Waals surface area contributed by atoms with Gasteiger partial charge in [0.2, 0.25) is 0 Å². The van der Waals surface area contributed by atoms with E-state index in [-0.39, 0.29) is 17.5 Å². The lowest BCUT2D eigenvalue weighted by atomic mass is 10.1. The maximum absolute atomic E-state index is 12.6. The normalized spacial score (nSPS) is 16.0. The molecule has 4 rings (SSSR count). The van der Waals surface area contributed by atoms with Gasteiger partial charge in [-0.05, 0) is 60.5 Å². The van der Waals surface area contributed by atoms with Gasteiger partial charge in [0.1, 0.15) is 11.1 Å². The first kappa shape index (κ1) is 17.0. The Morgan fingerprint density at radius 3 is 2.81 bits per heavy atom. The number of hydrogen-bond donors (Lipinski definition) is 1. The number of benzene rings is 1. The molecule has 1 atom stereocenters. The molecule has 3 aromatic rings. The summed E-state index contributed by atoms with van der Waals surface area (Å²) in [5.41, 5.74) is 1.15. The van der Waals surface area contributed by atoms with Crippen LogP contribution in [0.1, 0.15) is 34.8 Å². The van der Waals surface area contributed by atoms with Crippen LogP contribution in [0.3, 0.4) is 0 Å². The van der Waals surface area contributed by atoms with Gasteiger partial charge in [-0.15, -0.1) is 0 Å². The lowest BCUT2D eigenvalue weighted by Gasteiger charge is -2.27. The van der Waals surface area contributed by atoms with E-state index in [1.165, 1.54) is 18.4 Å². The highest BCUT2D eigenvalue weighted by Crippen LogP contribution is 2.26. The van der Waals surface area contributed by atoms with Gasteiger partial charge in [-0.25, -0.2) is 4.79 Å². The lowest BCUT2D eigenvalue weighted by Crippen LogP contribution is -2.37. The number of likely N-dealkylation sites (tertiary alicyclic amines) is 1. The standard InChI is InChI=1S/C20H20N2O3S/c23-19(16-11-14-5-1-2-6-18(14)25-20(16)24)21-12-17(15-7-10-26-13-15)22-8-3-4-9-22/h1-2,5-7,10-11,13,17H,3-4,8-9,12H2,(H,21,23). The van der Waals surface area contributed by atoms with Crippen LogP contribution in [0.2, 0.25) is 0 Å². The molecule has 0 spiro atoms. The van der Waals surface area contributed by atoms with Crippen molar-refractivity contribution in [3.05, 3.63) is 68.7 Å². The average molecular weight is 368 g/mol. The van der Waals surface area contributed by atoms with Crippen LogP contribution >= 0.6 is 11.3 Å². The molecule has 1 unspecified atom stereocenters. The van der Waals surface area contributed by atoms with Crippen molar-refractivity contribution < 1.29 is 9.21 Å². The molecule has 1 aromatic carbocycles. The van der Waals surface area contributed by atoms with Gasteiger partial charge in [-0.1, -0.05) is 18.2 Å². The molecule has 1 saturated heterocycles. The van der Waals surface area contributed by atoms with Crippen molar-refractivity contribution in [3.8, 4) is 0 Å². The van der Waals surface area contributed by atoms with E-state index >= 15 is 0 Å². The number of rotatable bonds is 5. The number of carbonyl (C=O) groups is 1. The molecule has 1 aliphatic heterocycles. The minimum absolute atomic E-state index is 0.0502. The van der Waals surface area contributed by atoms with Crippen molar-refractivity contribution in [2.75, 3.05) is 19.6 Å². The molecule has 1 fully saturated rings. The van der Waals surface area contributed by atoms with E-state index in [4.69, 9.17) is 4.42 Å². The van der Waals surface area contributed by atoms with Crippen molar-refractivity contribution in [2.24, 2.45) is 0 Å². The summed E-state index contributed by atoms with van der Waals surface area (Å²) in [4.78, 5) is 27.2. The molecule has 0 aliphatic carbocycles. The van der Waals surface area contributed by atoms with Crippen LogP contribution in [0.4, 0.5) is 0 Å². The maximum Gasteiger partial charge on any atom is 0.349 e. The molecule has 6 heteroatoms. The van der Waals surface area contributed by atoms with Crippen molar-refractivity contribution in [3.63, 3.8) is 0 Å². The third-order valence-corrected chi connectivity index (χ3v) is 5.55. The third-order valence-electron chi connectivity index (χ3n) is 4.85. The van der Waals surface area contributed by atoms with E-state index < -0.39 is 5.63 Å². The predicted molar refractivity (Wildman–Crippen MR) is 103 cm³/mol. The molecule has 0 saturated carbocycles. The van der Waals surface area contributed by atoms with E-state index in [0.717, 1.165) is 18.5 Å². The molecule has 3 heterocycles. The number of amides is 1. The van der Waals surface area contributed by atoms with Gasteiger partial charge < -0.3 is 9.73 Å². The van der Waals surface area contributed by atoms with Gasteiger partial charge in [0.25, 0.3) is 5.91 Å². The number of para-hydroxylation sites is 1. The Balaban J connectivity index is 1.53. The highest BCUT2D eigenvalue weighted by Gasteiger charge is 2.25. The zero-order chi connectivity index (χ0) is 17.9. The molecule has 0 radical (unpaired) electrons. The Morgan fingerprint density at radius 2 is 2.04 bits per heavy atom. The van der Waals surface area contributed by atoms with Gasteiger partial charge in [0, 0.05) is 11.9 Å². The Labute approximate surface area is 155 Å². The maximum atomic E-state index is 12.6. The van der Waals surface area contributed by atoms with Crippen LogP contribution < -0.4 is 10.9 Å². The summed E-state index contributed by atoms with van der Waals surface area (Å²) in [7, 11) is 0. The fourth-order valence-electron chi connectivity index (χ4n) is 3.48. The van der Waals surface area contributed by atoms with E-state index in [0.29, 0.717) is 12.1 Å². The van der Waals surface area contributed by atoms with E-state index in [9.17, 15) is 9.59 Å². The first-order valence-electron chi connectivity index (χ1n) is 8.79. The lowest BCUT2D eigenvalue weighted by molar-refractivity contribution is 0.0934. The minimum atomic E-state index is -0.602. The monoisotopic (exact) mass is 368 g/mol. The largest absolute Gasteiger partial charge is 0.422 e. The van der Waals surface area contributed by atoms with Gasteiger partial charge in [-0.2, -0.15) is 11.3 Å². The van der Waals surface area contributed by atoms with Crippen LogP contribution in [0.25, 0.3) is 11.0 Å². The predicted octanol–water partition coefficient (Wildman–Crippen LogP) is 3.42. The number of nitrogens with one attached hydrogen (secondary N) is 1. The van der Waals surface area contributed by atoms with Crippen molar-refractivity contribution in [2.45, 2.75) is 18.9 Å². The fourth-order valence-corrected chi connectivity index (χ4v) is 4.19. The molecule has 1 aliphatic rings. The SMILES string of the molecule is O=C(NCC(c1ccsc1)N1CCCC1)c1cc2ccccc2oc1=O. The van der Waals surface area contributed by atoms with Crippen LogP contribution in [-0.2, 0) is 0 Å². The second-order valence-corrected chi connectivity index (χ2v) is 7.29. The van der Waals surface area contributed by atoms with E-state index in [2.05, 4.69) is 27.0 Å². The summed E-state index contributed by atoms with van der Waals surface area (Å²) >= 11 is 1.66. The summed E-state index contributed by atoms with van der Waals surface area (Å²) in [6.07, 6.45) is 2.37. The topological polar surface area (TPSA) is 62.6 Å². The van der Waals surface area contributed by atoms with Crippen molar-refractivity contribution >= 4 is 28.2 Å². The molecule has 5 nitrogen and oxygen atoms in total. The minimum Gasteiger partial charge on any atom is -0.422 e. The first-order valence-corrected chi connectivity index (χ1v) is 9.74. The van der Waals surface area contributed by atoms with Crippen LogP contribution in [0.5, 0.6) is 0 Å². The number of nitrogens with zero attached hydrogens (tertiary/aromatic N) is 1. The average Bonchev–Trinajstić information content (AvgIpc) is 3.35. The Kier molecular flexibility index (Phi) is 4.86. The van der Waals surface area contributed by atoms with Crippen LogP contribution in [-0.4, -0.2) is 30.4 Å². The third kappa shape index (κ3) is 3.43. The molecule has 1 amide bonds. The van der Waals surface area contributed by atoms with Gasteiger partial charge in [0.15, 0.2) is 0 Å². The number of carbonyl (C=O) groups excluding carboxylic acids is 1. The molecule has 1 N–H and O–H groups in total. The highest BCUT2D eigenvalue weighted by molar-refractivity contribution is 7.07. The van der Waals surface area contributed by atoms with Gasteiger partial charge in [0.05, 0.1) is 6.04 Å². The van der Waals surface area contributed by atoms with Crippen molar-refractivity contribution in [1.82, 2.24) is 10.2 Å². The summed E-state index contributed by atoms with van der Waals surface area (Å²) in [5.74, 6) is -0.385. The number of thiophene rings is 1.